The lowest BCUT2D eigenvalue weighted by molar-refractivity contribution is -0.144. The van der Waals surface area contributed by atoms with Crippen molar-refractivity contribution < 1.29 is 9.53 Å². The van der Waals surface area contributed by atoms with E-state index in [-0.39, 0.29) is 17.8 Å². The summed E-state index contributed by atoms with van der Waals surface area (Å²) >= 11 is 6.54. The van der Waals surface area contributed by atoms with Crippen molar-refractivity contribution in [2.75, 3.05) is 5.75 Å². The molecule has 1 aromatic rings. The largest absolute Gasteiger partial charge is 0.462 e. The van der Waals surface area contributed by atoms with Gasteiger partial charge in [-0.3, -0.25) is 4.79 Å². The number of hydrogen-bond donors (Lipinski definition) is 0. The Morgan fingerprint density at radius 2 is 2.00 bits per heavy atom. The average Bonchev–Trinajstić information content (AvgIpc) is 2.26. The maximum atomic E-state index is 11.3. The van der Waals surface area contributed by atoms with Gasteiger partial charge in [-0.05, 0) is 19.4 Å². The third-order valence-electron chi connectivity index (χ3n) is 1.70. The molecule has 1 rings (SSSR count). The van der Waals surface area contributed by atoms with Gasteiger partial charge in [0.15, 0.2) is 0 Å². The Morgan fingerprint density at radius 3 is 2.56 bits per heavy atom. The van der Waals surface area contributed by atoms with E-state index in [4.69, 9.17) is 17.0 Å². The highest BCUT2D eigenvalue weighted by atomic mass is 32.2. The number of thiocarbonyl (C=S) groups is 1. The Bertz CT molecular complexity index is 361. The van der Waals surface area contributed by atoms with Gasteiger partial charge in [0.2, 0.25) is 0 Å². The Labute approximate surface area is 105 Å². The Balaban J connectivity index is 2.39. The normalized spacial score (nSPS) is 10.2. The average molecular weight is 254 g/mol. The summed E-state index contributed by atoms with van der Waals surface area (Å²) in [6, 6.07) is 9.65. The van der Waals surface area contributed by atoms with Gasteiger partial charge in [-0.15, -0.1) is 11.8 Å². The molecule has 0 unspecified atom stereocenters. The van der Waals surface area contributed by atoms with Gasteiger partial charge in [0.1, 0.15) is 0 Å². The van der Waals surface area contributed by atoms with Crippen molar-refractivity contribution in [2.45, 2.75) is 20.0 Å². The molecule has 16 heavy (non-hydrogen) atoms. The number of ether oxygens (including phenoxy) is 1. The van der Waals surface area contributed by atoms with E-state index < -0.39 is 0 Å². The van der Waals surface area contributed by atoms with E-state index in [1.54, 1.807) is 0 Å². The van der Waals surface area contributed by atoms with Crippen LogP contribution in [0.5, 0.6) is 0 Å². The van der Waals surface area contributed by atoms with E-state index in [0.717, 1.165) is 9.76 Å². The third kappa shape index (κ3) is 4.77. The van der Waals surface area contributed by atoms with Crippen LogP contribution in [0.15, 0.2) is 30.3 Å². The van der Waals surface area contributed by atoms with Crippen molar-refractivity contribution in [3.63, 3.8) is 0 Å². The maximum absolute atomic E-state index is 11.3. The summed E-state index contributed by atoms with van der Waals surface area (Å²) in [6.07, 6.45) is -0.0709. The van der Waals surface area contributed by atoms with Crippen LogP contribution in [0.4, 0.5) is 0 Å². The highest BCUT2D eigenvalue weighted by Crippen LogP contribution is 2.14. The molecule has 0 aromatic heterocycles. The minimum absolute atomic E-state index is 0.0709. The fourth-order valence-electron chi connectivity index (χ4n) is 1.08. The van der Waals surface area contributed by atoms with Crippen molar-refractivity contribution in [1.82, 2.24) is 0 Å². The summed E-state index contributed by atoms with van der Waals surface area (Å²) in [5, 5.41) is 0. The Kier molecular flexibility index (Phi) is 5.49. The van der Waals surface area contributed by atoms with Crippen molar-refractivity contribution in [3.05, 3.63) is 35.9 Å². The molecule has 0 N–H and O–H groups in total. The van der Waals surface area contributed by atoms with Gasteiger partial charge in [0, 0.05) is 0 Å². The first-order valence-corrected chi connectivity index (χ1v) is 6.40. The van der Waals surface area contributed by atoms with Crippen LogP contribution in [0.2, 0.25) is 0 Å². The Hall–Kier alpha value is -0.870. The molecule has 0 aliphatic rings. The first-order valence-electron chi connectivity index (χ1n) is 5.01. The van der Waals surface area contributed by atoms with Crippen molar-refractivity contribution in [3.8, 4) is 0 Å². The van der Waals surface area contributed by atoms with Crippen LogP contribution in [0.25, 0.3) is 0 Å². The maximum Gasteiger partial charge on any atom is 0.316 e. The molecule has 0 atom stereocenters. The molecule has 0 bridgehead atoms. The van der Waals surface area contributed by atoms with Gasteiger partial charge in [-0.2, -0.15) is 0 Å². The monoisotopic (exact) mass is 254 g/mol. The molecule has 2 nitrogen and oxygen atoms in total. The number of hydrogen-bond acceptors (Lipinski definition) is 4. The second-order valence-electron chi connectivity index (χ2n) is 3.48. The van der Waals surface area contributed by atoms with Crippen LogP contribution < -0.4 is 0 Å². The molecular formula is C12H14O2S2. The second kappa shape index (κ2) is 6.66. The Morgan fingerprint density at radius 1 is 1.38 bits per heavy atom. The molecule has 0 saturated heterocycles. The zero-order valence-electron chi connectivity index (χ0n) is 9.30. The molecule has 4 heteroatoms. The predicted molar refractivity (Wildman–Crippen MR) is 71.8 cm³/mol. The van der Waals surface area contributed by atoms with Gasteiger partial charge in [-0.1, -0.05) is 42.5 Å². The summed E-state index contributed by atoms with van der Waals surface area (Å²) < 4.78 is 5.74. The summed E-state index contributed by atoms with van der Waals surface area (Å²) in [7, 11) is 0. The smallest absolute Gasteiger partial charge is 0.316 e. The fourth-order valence-corrected chi connectivity index (χ4v) is 2.01. The number of carbonyl (C=O) groups is 1. The van der Waals surface area contributed by atoms with Crippen LogP contribution in [-0.2, 0) is 9.53 Å². The highest BCUT2D eigenvalue weighted by molar-refractivity contribution is 8.24. The van der Waals surface area contributed by atoms with Crippen LogP contribution in [0.1, 0.15) is 19.4 Å². The predicted octanol–water partition coefficient (Wildman–Crippen LogP) is 3.05. The van der Waals surface area contributed by atoms with Gasteiger partial charge < -0.3 is 4.74 Å². The molecule has 0 aliphatic carbocycles. The molecule has 0 amide bonds. The van der Waals surface area contributed by atoms with E-state index >= 15 is 0 Å². The van der Waals surface area contributed by atoms with E-state index in [2.05, 4.69) is 0 Å². The molecule has 86 valence electrons. The summed E-state index contributed by atoms with van der Waals surface area (Å²) in [5.74, 6) is 0.0459. The standard InChI is InChI=1S/C12H14O2S2/c1-9(2)14-11(13)8-16-12(15)10-6-4-3-5-7-10/h3-7,9H,8H2,1-2H3. The molecular weight excluding hydrogens is 240 g/mol. The van der Waals surface area contributed by atoms with Crippen LogP contribution >= 0.6 is 24.0 Å². The highest BCUT2D eigenvalue weighted by Gasteiger charge is 2.08. The lowest BCUT2D eigenvalue weighted by Gasteiger charge is -2.07. The fraction of sp³-hybridized carbons (Fsp3) is 0.333. The topological polar surface area (TPSA) is 26.3 Å². The van der Waals surface area contributed by atoms with E-state index in [9.17, 15) is 4.79 Å². The van der Waals surface area contributed by atoms with Crippen molar-refractivity contribution >= 4 is 34.1 Å². The van der Waals surface area contributed by atoms with Crippen LogP contribution in [-0.4, -0.2) is 22.0 Å². The van der Waals surface area contributed by atoms with Gasteiger partial charge in [0.25, 0.3) is 0 Å². The summed E-state index contributed by atoms with van der Waals surface area (Å²) in [4.78, 5) is 11.3. The number of rotatable bonds is 4. The molecule has 0 fully saturated rings. The number of benzene rings is 1. The van der Waals surface area contributed by atoms with E-state index in [1.807, 2.05) is 44.2 Å². The first-order chi connectivity index (χ1) is 7.59. The number of carbonyl (C=O) groups excluding carboxylic acids is 1. The summed E-state index contributed by atoms with van der Waals surface area (Å²) in [6.45, 7) is 3.66. The van der Waals surface area contributed by atoms with Crippen LogP contribution in [0.3, 0.4) is 0 Å². The van der Waals surface area contributed by atoms with Crippen LogP contribution in [0, 0.1) is 0 Å². The first kappa shape index (κ1) is 13.2. The minimum Gasteiger partial charge on any atom is -0.462 e. The molecule has 1 aromatic carbocycles. The minimum atomic E-state index is -0.224. The zero-order chi connectivity index (χ0) is 12.0. The zero-order valence-corrected chi connectivity index (χ0v) is 10.9. The van der Waals surface area contributed by atoms with Crippen molar-refractivity contribution in [1.29, 1.82) is 0 Å². The number of esters is 1. The molecule has 0 heterocycles. The second-order valence-corrected chi connectivity index (χ2v) is 5.13. The SMILES string of the molecule is CC(C)OC(=O)CSC(=S)c1ccccc1. The third-order valence-corrected chi connectivity index (χ3v) is 3.16. The number of thioether (sulfide) groups is 1. The quantitative estimate of drug-likeness (QED) is 0.609. The van der Waals surface area contributed by atoms with Crippen molar-refractivity contribution in [2.24, 2.45) is 0 Å². The lowest BCUT2D eigenvalue weighted by atomic mass is 10.2. The molecule has 0 radical (unpaired) electrons. The molecule has 0 saturated carbocycles. The lowest BCUT2D eigenvalue weighted by Crippen LogP contribution is -2.14. The summed E-state index contributed by atoms with van der Waals surface area (Å²) in [5.41, 5.74) is 0.972. The van der Waals surface area contributed by atoms with E-state index in [1.165, 1.54) is 11.8 Å². The van der Waals surface area contributed by atoms with Gasteiger partial charge in [0.05, 0.1) is 16.1 Å². The molecule has 0 aliphatic heterocycles. The molecule has 0 spiro atoms. The van der Waals surface area contributed by atoms with Gasteiger partial charge in [-0.25, -0.2) is 0 Å². The van der Waals surface area contributed by atoms with Gasteiger partial charge >= 0.3 is 5.97 Å². The van der Waals surface area contributed by atoms with E-state index in [0.29, 0.717) is 0 Å².